The molecule has 0 saturated carbocycles. The number of carbonyl (C=O) groups is 1. The van der Waals surface area contributed by atoms with E-state index >= 15 is 0 Å². The lowest BCUT2D eigenvalue weighted by Gasteiger charge is -2.02. The summed E-state index contributed by atoms with van der Waals surface area (Å²) in [6.07, 6.45) is 3.10. The Morgan fingerprint density at radius 2 is 2.08 bits per heavy atom. The molecule has 0 saturated heterocycles. The van der Waals surface area contributed by atoms with Crippen LogP contribution in [0, 0.1) is 0 Å². The molecular formula is C9H7N2O. The summed E-state index contributed by atoms with van der Waals surface area (Å²) in [5.74, 6) is -0.202. The van der Waals surface area contributed by atoms with Gasteiger partial charge in [0.2, 0.25) is 0 Å². The Hall–Kier alpha value is -1.77. The second kappa shape index (κ2) is 2.70. The Morgan fingerprint density at radius 1 is 1.25 bits per heavy atom. The fourth-order valence-electron chi connectivity index (χ4n) is 1.10. The third kappa shape index (κ3) is 1.05. The molecule has 1 aliphatic heterocycles. The first-order valence-electron chi connectivity index (χ1n) is 3.64. The zero-order chi connectivity index (χ0) is 8.39. The van der Waals surface area contributed by atoms with Crippen molar-refractivity contribution in [2.24, 2.45) is 0 Å². The minimum atomic E-state index is -0.202. The van der Waals surface area contributed by atoms with Gasteiger partial charge >= 0.3 is 0 Å². The third-order valence-electron chi connectivity index (χ3n) is 1.66. The van der Waals surface area contributed by atoms with Crippen LogP contribution in [0.4, 0.5) is 5.69 Å². The number of anilines is 1. The van der Waals surface area contributed by atoms with Crippen LogP contribution in [-0.2, 0) is 0 Å². The van der Waals surface area contributed by atoms with E-state index in [1.807, 2.05) is 18.2 Å². The van der Waals surface area contributed by atoms with Gasteiger partial charge < -0.3 is 5.32 Å². The smallest absolute Gasteiger partial charge is 0.279 e. The van der Waals surface area contributed by atoms with Crippen molar-refractivity contribution in [3.63, 3.8) is 0 Å². The van der Waals surface area contributed by atoms with Crippen molar-refractivity contribution in [1.82, 2.24) is 5.32 Å². The van der Waals surface area contributed by atoms with Crippen molar-refractivity contribution < 1.29 is 4.79 Å². The van der Waals surface area contributed by atoms with Gasteiger partial charge in [-0.2, -0.15) is 0 Å². The number of hydrogen-bond donors (Lipinski definition) is 1. The van der Waals surface area contributed by atoms with Crippen molar-refractivity contribution >= 4 is 11.6 Å². The van der Waals surface area contributed by atoms with Crippen molar-refractivity contribution in [1.29, 1.82) is 0 Å². The molecule has 0 bridgehead atoms. The molecule has 1 aliphatic rings. The Bertz CT molecular complexity index is 344. The Labute approximate surface area is 70.1 Å². The number of amides is 1. The van der Waals surface area contributed by atoms with E-state index < -0.39 is 0 Å². The van der Waals surface area contributed by atoms with E-state index in [1.165, 1.54) is 6.20 Å². The molecule has 0 fully saturated rings. The van der Waals surface area contributed by atoms with Crippen LogP contribution in [0.2, 0.25) is 0 Å². The normalized spacial score (nSPS) is 14.2. The number of fused-ring (bicyclic) bond motifs is 1. The maximum atomic E-state index is 11.2. The van der Waals surface area contributed by atoms with Crippen molar-refractivity contribution in [3.05, 3.63) is 42.2 Å². The number of hydrogen-bond acceptors (Lipinski definition) is 2. The van der Waals surface area contributed by atoms with E-state index in [4.69, 9.17) is 0 Å². The van der Waals surface area contributed by atoms with Gasteiger partial charge in [-0.1, -0.05) is 12.1 Å². The van der Waals surface area contributed by atoms with E-state index in [9.17, 15) is 4.79 Å². The fourth-order valence-corrected chi connectivity index (χ4v) is 1.10. The summed E-state index contributed by atoms with van der Waals surface area (Å²) in [4.78, 5) is 11.2. The molecule has 1 heterocycles. The van der Waals surface area contributed by atoms with Crippen LogP contribution in [0.5, 0.6) is 0 Å². The van der Waals surface area contributed by atoms with Gasteiger partial charge in [-0.05, 0) is 12.1 Å². The number of para-hydroxylation sites is 1. The molecule has 1 aromatic rings. The highest BCUT2D eigenvalue weighted by molar-refractivity contribution is 6.00. The molecule has 1 aromatic carbocycles. The summed E-state index contributed by atoms with van der Waals surface area (Å²) < 4.78 is 0. The molecule has 0 unspecified atom stereocenters. The van der Waals surface area contributed by atoms with E-state index in [-0.39, 0.29) is 5.91 Å². The quantitative estimate of drug-likeness (QED) is 0.620. The van der Waals surface area contributed by atoms with Gasteiger partial charge in [-0.15, -0.1) is 0 Å². The highest BCUT2D eigenvalue weighted by atomic mass is 16.1. The molecule has 59 valence electrons. The minimum Gasteiger partial charge on any atom is -0.360 e. The zero-order valence-corrected chi connectivity index (χ0v) is 6.32. The minimum absolute atomic E-state index is 0.202. The van der Waals surface area contributed by atoms with Crippen LogP contribution in [0.25, 0.3) is 0 Å². The highest BCUT2D eigenvalue weighted by Gasteiger charge is 2.11. The predicted octanol–water partition coefficient (Wildman–Crippen LogP) is 1.33. The topological polar surface area (TPSA) is 43.2 Å². The van der Waals surface area contributed by atoms with Crippen LogP contribution in [0.15, 0.2) is 36.7 Å². The van der Waals surface area contributed by atoms with E-state index in [2.05, 4.69) is 10.6 Å². The van der Waals surface area contributed by atoms with Gasteiger partial charge in [-0.3, -0.25) is 4.79 Å². The molecule has 0 aliphatic carbocycles. The molecule has 0 aromatic heterocycles. The number of benzene rings is 1. The summed E-state index contributed by atoms with van der Waals surface area (Å²) >= 11 is 0. The first kappa shape index (κ1) is 6.91. The van der Waals surface area contributed by atoms with Crippen molar-refractivity contribution in [3.8, 4) is 0 Å². The van der Waals surface area contributed by atoms with Crippen LogP contribution < -0.4 is 10.6 Å². The SMILES string of the molecule is O=C1[N]C=CNc2ccccc21. The molecule has 1 N–H and O–H groups in total. The third-order valence-corrected chi connectivity index (χ3v) is 1.66. The molecule has 1 amide bonds. The number of nitrogens with one attached hydrogen (secondary N) is 1. The summed E-state index contributed by atoms with van der Waals surface area (Å²) in [6.45, 7) is 0. The van der Waals surface area contributed by atoms with E-state index in [1.54, 1.807) is 12.3 Å². The van der Waals surface area contributed by atoms with E-state index in [0.717, 1.165) is 5.69 Å². The molecular weight excluding hydrogens is 152 g/mol. The van der Waals surface area contributed by atoms with Crippen molar-refractivity contribution in [2.45, 2.75) is 0 Å². The average molecular weight is 159 g/mol. The van der Waals surface area contributed by atoms with Crippen LogP contribution >= 0.6 is 0 Å². The van der Waals surface area contributed by atoms with Crippen LogP contribution in [0.3, 0.4) is 0 Å². The summed E-state index contributed by atoms with van der Waals surface area (Å²) in [6, 6.07) is 7.29. The monoisotopic (exact) mass is 159 g/mol. The average Bonchev–Trinajstić information content (AvgIpc) is 2.29. The Kier molecular flexibility index (Phi) is 1.55. The van der Waals surface area contributed by atoms with Crippen LogP contribution in [-0.4, -0.2) is 5.91 Å². The second-order valence-corrected chi connectivity index (χ2v) is 2.44. The number of carbonyl (C=O) groups excluding carboxylic acids is 1. The largest absolute Gasteiger partial charge is 0.360 e. The standard InChI is InChI=1S/C9H7N2O/c12-9-7-3-1-2-4-8(7)10-5-6-11-9/h1-6,10H. The molecule has 2 rings (SSSR count). The molecule has 12 heavy (non-hydrogen) atoms. The summed E-state index contributed by atoms with van der Waals surface area (Å²) in [7, 11) is 0. The van der Waals surface area contributed by atoms with Gasteiger partial charge in [0.05, 0.1) is 11.3 Å². The van der Waals surface area contributed by atoms with Crippen LogP contribution in [0.1, 0.15) is 10.4 Å². The Balaban J connectivity index is 2.52. The molecule has 3 heteroatoms. The number of nitrogens with zero attached hydrogens (tertiary/aromatic N) is 1. The van der Waals surface area contributed by atoms with Gasteiger partial charge in [0.15, 0.2) is 0 Å². The summed E-state index contributed by atoms with van der Waals surface area (Å²) in [5.41, 5.74) is 1.42. The Morgan fingerprint density at radius 3 is 3.00 bits per heavy atom. The first-order chi connectivity index (χ1) is 5.88. The lowest BCUT2D eigenvalue weighted by molar-refractivity contribution is 0.0968. The zero-order valence-electron chi connectivity index (χ0n) is 6.32. The lowest BCUT2D eigenvalue weighted by atomic mass is 10.2. The number of rotatable bonds is 0. The van der Waals surface area contributed by atoms with E-state index in [0.29, 0.717) is 5.56 Å². The first-order valence-corrected chi connectivity index (χ1v) is 3.64. The predicted molar refractivity (Wildman–Crippen MR) is 45.7 cm³/mol. The summed E-state index contributed by atoms with van der Waals surface area (Å²) in [5, 5.41) is 6.64. The molecule has 3 nitrogen and oxygen atoms in total. The molecule has 0 atom stereocenters. The maximum Gasteiger partial charge on any atom is 0.279 e. The molecule has 0 spiro atoms. The molecule has 1 radical (unpaired) electrons. The van der Waals surface area contributed by atoms with Gasteiger partial charge in [0, 0.05) is 12.4 Å². The van der Waals surface area contributed by atoms with Gasteiger partial charge in [0.1, 0.15) is 0 Å². The fraction of sp³-hybridized carbons (Fsp3) is 0. The lowest BCUT2D eigenvalue weighted by Crippen LogP contribution is -2.08. The van der Waals surface area contributed by atoms with Gasteiger partial charge in [0.25, 0.3) is 5.91 Å². The highest BCUT2D eigenvalue weighted by Crippen LogP contribution is 2.16. The van der Waals surface area contributed by atoms with Crippen molar-refractivity contribution in [2.75, 3.05) is 5.32 Å². The second-order valence-electron chi connectivity index (χ2n) is 2.44. The maximum absolute atomic E-state index is 11.2. The van der Waals surface area contributed by atoms with Gasteiger partial charge in [-0.25, -0.2) is 5.32 Å².